The number of aliphatic hydroxyl groups excluding tert-OH is 2. The van der Waals surface area contributed by atoms with E-state index in [1.165, 1.54) is 18.2 Å². The minimum Gasteiger partial charge on any atom is -0.502 e. The van der Waals surface area contributed by atoms with Crippen LogP contribution in [0.25, 0.3) is 0 Å². The van der Waals surface area contributed by atoms with E-state index >= 15 is 0 Å². The summed E-state index contributed by atoms with van der Waals surface area (Å²) < 4.78 is 25.5. The smallest absolute Gasteiger partial charge is 0.227 e. The van der Waals surface area contributed by atoms with E-state index in [4.69, 9.17) is 20.4 Å². The van der Waals surface area contributed by atoms with Gasteiger partial charge in [-0.3, -0.25) is 9.59 Å². The van der Waals surface area contributed by atoms with Crippen LogP contribution in [0, 0.1) is 5.82 Å². The molecule has 0 saturated carbocycles. The van der Waals surface area contributed by atoms with Crippen molar-refractivity contribution in [2.75, 3.05) is 0 Å². The molecule has 29 heavy (non-hydrogen) atoms. The maximum atomic E-state index is 14.8. The van der Waals surface area contributed by atoms with Gasteiger partial charge in [-0.2, -0.15) is 0 Å². The van der Waals surface area contributed by atoms with Crippen molar-refractivity contribution in [2.45, 2.75) is 19.1 Å². The highest BCUT2D eigenvalue weighted by Crippen LogP contribution is 2.41. The Balaban J connectivity index is 2.44. The predicted molar refractivity (Wildman–Crippen MR) is 97.5 cm³/mol. The second kappa shape index (κ2) is 8.08. The number of hydrogen-bond donors (Lipinski definition) is 4. The molecule has 4 N–H and O–H groups in total. The second-order valence-corrected chi connectivity index (χ2v) is 6.38. The average Bonchev–Trinajstić information content (AvgIpc) is 2.70. The van der Waals surface area contributed by atoms with Crippen LogP contribution in [-0.4, -0.2) is 20.4 Å². The normalized spacial score (nSPS) is 11.2. The molecule has 0 atom stereocenters. The molecule has 0 aliphatic carbocycles. The van der Waals surface area contributed by atoms with Crippen LogP contribution in [0.5, 0.6) is 11.5 Å². The van der Waals surface area contributed by atoms with Crippen LogP contribution in [0.15, 0.2) is 48.8 Å². The summed E-state index contributed by atoms with van der Waals surface area (Å²) in [7, 11) is 0. The van der Waals surface area contributed by atoms with Crippen molar-refractivity contribution in [3.8, 4) is 11.5 Å². The van der Waals surface area contributed by atoms with Gasteiger partial charge in [0, 0.05) is 17.7 Å². The molecular weight excluding hydrogens is 411 g/mol. The lowest BCUT2D eigenvalue weighted by Gasteiger charge is -2.19. The maximum Gasteiger partial charge on any atom is 0.227 e. The SMILES string of the molecule is O=c1cc(CO)oc(C(c2cccc(Cl)c2F)c2oc(CO)cc(=O)c2O)c1O. The molecule has 8 nitrogen and oxygen atoms in total. The number of benzene rings is 1. The van der Waals surface area contributed by atoms with Crippen molar-refractivity contribution in [3.05, 3.63) is 90.2 Å². The van der Waals surface area contributed by atoms with Gasteiger partial charge in [0.25, 0.3) is 0 Å². The topological polar surface area (TPSA) is 141 Å². The fourth-order valence-corrected chi connectivity index (χ4v) is 2.98. The molecule has 0 saturated heterocycles. The molecule has 3 rings (SSSR count). The number of halogens is 2. The van der Waals surface area contributed by atoms with Crippen molar-refractivity contribution < 1.29 is 33.7 Å². The summed E-state index contributed by atoms with van der Waals surface area (Å²) in [6.45, 7) is -1.44. The van der Waals surface area contributed by atoms with E-state index in [1.807, 2.05) is 0 Å². The molecule has 0 aliphatic heterocycles. The fraction of sp³-hybridized carbons (Fsp3) is 0.158. The van der Waals surface area contributed by atoms with Gasteiger partial charge < -0.3 is 29.3 Å². The zero-order chi connectivity index (χ0) is 21.3. The molecule has 1 aromatic carbocycles. The monoisotopic (exact) mass is 424 g/mol. The van der Waals surface area contributed by atoms with Crippen LogP contribution in [0.1, 0.15) is 34.5 Å². The number of rotatable bonds is 5. The van der Waals surface area contributed by atoms with E-state index in [1.54, 1.807) is 0 Å². The van der Waals surface area contributed by atoms with Gasteiger partial charge in [-0.05, 0) is 6.07 Å². The predicted octanol–water partition coefficient (Wildman–Crippen LogP) is 1.96. The summed E-state index contributed by atoms with van der Waals surface area (Å²) >= 11 is 5.83. The van der Waals surface area contributed by atoms with Gasteiger partial charge in [-0.25, -0.2) is 4.39 Å². The Morgan fingerprint density at radius 2 is 1.41 bits per heavy atom. The molecule has 3 aromatic rings. The third kappa shape index (κ3) is 3.75. The molecule has 0 unspecified atom stereocenters. The Labute approximate surface area is 166 Å². The molecule has 10 heteroatoms. The molecule has 0 amide bonds. The molecule has 0 aliphatic rings. The average molecular weight is 425 g/mol. The molecule has 0 spiro atoms. The zero-order valence-corrected chi connectivity index (χ0v) is 15.3. The molecular formula is C19H14ClFO8. The summed E-state index contributed by atoms with van der Waals surface area (Å²) in [4.78, 5) is 24.2. The van der Waals surface area contributed by atoms with Gasteiger partial charge in [0.2, 0.25) is 22.4 Å². The number of aliphatic hydroxyl groups is 2. The molecule has 0 fully saturated rings. The Kier molecular flexibility index (Phi) is 5.73. The van der Waals surface area contributed by atoms with Crippen LogP contribution in [0.3, 0.4) is 0 Å². The van der Waals surface area contributed by atoms with E-state index in [0.29, 0.717) is 0 Å². The highest BCUT2D eigenvalue weighted by Gasteiger charge is 2.33. The first-order valence-corrected chi connectivity index (χ1v) is 8.53. The fourth-order valence-electron chi connectivity index (χ4n) is 2.80. The third-order valence-electron chi connectivity index (χ3n) is 4.13. The van der Waals surface area contributed by atoms with E-state index in [-0.39, 0.29) is 22.1 Å². The van der Waals surface area contributed by atoms with Gasteiger partial charge >= 0.3 is 0 Å². The van der Waals surface area contributed by atoms with Crippen molar-refractivity contribution in [2.24, 2.45) is 0 Å². The summed E-state index contributed by atoms with van der Waals surface area (Å²) in [5.74, 6) is -6.29. The first-order valence-electron chi connectivity index (χ1n) is 8.15. The lowest BCUT2D eigenvalue weighted by molar-refractivity contribution is 0.224. The second-order valence-electron chi connectivity index (χ2n) is 5.97. The number of hydrogen-bond acceptors (Lipinski definition) is 8. The van der Waals surface area contributed by atoms with E-state index in [0.717, 1.165) is 12.1 Å². The highest BCUT2D eigenvalue weighted by molar-refractivity contribution is 6.30. The third-order valence-corrected chi connectivity index (χ3v) is 4.42. The summed E-state index contributed by atoms with van der Waals surface area (Å²) in [5, 5.41) is 38.8. The van der Waals surface area contributed by atoms with E-state index in [2.05, 4.69) is 0 Å². The first kappa shape index (κ1) is 20.6. The summed E-state index contributed by atoms with van der Waals surface area (Å²) in [5.41, 5.74) is -2.22. The Hall–Kier alpha value is -3.14. The lowest BCUT2D eigenvalue weighted by atomic mass is 9.91. The van der Waals surface area contributed by atoms with Crippen molar-refractivity contribution in [1.29, 1.82) is 0 Å². The van der Waals surface area contributed by atoms with Crippen LogP contribution in [0.2, 0.25) is 5.02 Å². The van der Waals surface area contributed by atoms with Crippen LogP contribution in [-0.2, 0) is 13.2 Å². The van der Waals surface area contributed by atoms with Crippen molar-refractivity contribution in [1.82, 2.24) is 0 Å². The molecule has 152 valence electrons. The van der Waals surface area contributed by atoms with E-state index in [9.17, 15) is 34.4 Å². The Bertz CT molecular complexity index is 1120. The van der Waals surface area contributed by atoms with Crippen LogP contribution < -0.4 is 10.9 Å². The van der Waals surface area contributed by atoms with Crippen LogP contribution >= 0.6 is 11.6 Å². The molecule has 2 aromatic heterocycles. The quantitative estimate of drug-likeness (QED) is 0.487. The van der Waals surface area contributed by atoms with Gasteiger partial charge in [0.1, 0.15) is 36.5 Å². The zero-order valence-electron chi connectivity index (χ0n) is 14.6. The minimum atomic E-state index is -1.65. The largest absolute Gasteiger partial charge is 0.502 e. The standard InChI is InChI=1S/C19H14ClFO8/c20-11-3-1-2-10(15(11)21)14(18-16(26)12(24)4-8(6-22)28-18)19-17(27)13(25)5-9(7-23)29-19/h1-5,14,22-23,26-27H,6-7H2. The summed E-state index contributed by atoms with van der Waals surface area (Å²) in [6, 6.07) is 5.44. The van der Waals surface area contributed by atoms with Gasteiger partial charge in [-0.1, -0.05) is 23.7 Å². The maximum absolute atomic E-state index is 14.8. The van der Waals surface area contributed by atoms with Crippen molar-refractivity contribution in [3.63, 3.8) is 0 Å². The number of aromatic hydroxyl groups is 2. The minimum absolute atomic E-state index is 0.268. The molecule has 0 bridgehead atoms. The Morgan fingerprint density at radius 1 is 0.931 bits per heavy atom. The van der Waals surface area contributed by atoms with Gasteiger partial charge in [-0.15, -0.1) is 0 Å². The highest BCUT2D eigenvalue weighted by atomic mass is 35.5. The molecule has 0 radical (unpaired) electrons. The van der Waals surface area contributed by atoms with Gasteiger partial charge in [0.15, 0.2) is 11.5 Å². The van der Waals surface area contributed by atoms with Crippen LogP contribution in [0.4, 0.5) is 4.39 Å². The summed E-state index contributed by atoms with van der Waals surface area (Å²) in [6.07, 6.45) is 0. The van der Waals surface area contributed by atoms with Gasteiger partial charge in [0.05, 0.1) is 5.02 Å². The lowest BCUT2D eigenvalue weighted by Crippen LogP contribution is -2.15. The van der Waals surface area contributed by atoms with Crippen molar-refractivity contribution >= 4 is 11.6 Å². The first-order chi connectivity index (χ1) is 13.8. The van der Waals surface area contributed by atoms with E-state index < -0.39 is 58.8 Å². The molecule has 2 heterocycles. The Morgan fingerprint density at radius 3 is 1.86 bits per heavy atom.